The topological polar surface area (TPSA) is 85.5 Å². The second-order valence-electron chi connectivity index (χ2n) is 5.80. The molecule has 1 aromatic heterocycles. The molecule has 7 nitrogen and oxygen atoms in total. The first kappa shape index (κ1) is 18.3. The van der Waals surface area contributed by atoms with Gasteiger partial charge in [-0.2, -0.15) is 5.10 Å². The first-order valence-corrected chi connectivity index (χ1v) is 8.30. The molecule has 1 amide bonds. The van der Waals surface area contributed by atoms with E-state index >= 15 is 0 Å². The van der Waals surface area contributed by atoms with Gasteiger partial charge in [-0.15, -0.1) is 0 Å². The van der Waals surface area contributed by atoms with Crippen LogP contribution in [-0.4, -0.2) is 37.4 Å². The van der Waals surface area contributed by atoms with Gasteiger partial charge in [-0.3, -0.25) is 9.89 Å². The van der Waals surface area contributed by atoms with Crippen LogP contribution in [0.15, 0.2) is 42.5 Å². The molecule has 0 saturated carbocycles. The highest BCUT2D eigenvalue weighted by Crippen LogP contribution is 2.35. The molecule has 1 heterocycles. The molecule has 0 radical (unpaired) electrons. The Morgan fingerprint density at radius 1 is 0.963 bits per heavy atom. The molecule has 140 valence electrons. The van der Waals surface area contributed by atoms with E-state index in [0.29, 0.717) is 34.2 Å². The minimum absolute atomic E-state index is 0.279. The number of ether oxygens (including phenoxy) is 3. The van der Waals surface area contributed by atoms with Crippen molar-refractivity contribution in [2.75, 3.05) is 26.6 Å². The summed E-state index contributed by atoms with van der Waals surface area (Å²) in [6.45, 7) is 1.84. The summed E-state index contributed by atoms with van der Waals surface area (Å²) < 4.78 is 15.9. The SMILES string of the molecule is COc1ccc(-c2n[nH]c(C)c2NC(=O)c2ccccc2OC)cc1OC. The van der Waals surface area contributed by atoms with Gasteiger partial charge in [0.05, 0.1) is 38.3 Å². The Balaban J connectivity index is 1.97. The summed E-state index contributed by atoms with van der Waals surface area (Å²) in [4.78, 5) is 12.8. The number of nitrogens with zero attached hydrogens (tertiary/aromatic N) is 1. The third-order valence-electron chi connectivity index (χ3n) is 4.19. The van der Waals surface area contributed by atoms with Crippen molar-refractivity contribution >= 4 is 11.6 Å². The summed E-state index contributed by atoms with van der Waals surface area (Å²) in [5.41, 5.74) is 3.17. The number of H-pyrrole nitrogens is 1. The Morgan fingerprint density at radius 3 is 2.37 bits per heavy atom. The minimum Gasteiger partial charge on any atom is -0.496 e. The standard InChI is InChI=1S/C20H21N3O4/c1-12-18(21-20(24)14-7-5-6-8-15(14)25-2)19(23-22-12)13-9-10-16(26-3)17(11-13)27-4/h5-11H,1-4H3,(H,21,24)(H,22,23). The van der Waals surface area contributed by atoms with Crippen LogP contribution in [0.4, 0.5) is 5.69 Å². The zero-order valence-electron chi connectivity index (χ0n) is 15.6. The first-order valence-electron chi connectivity index (χ1n) is 8.30. The van der Waals surface area contributed by atoms with E-state index in [1.807, 2.05) is 25.1 Å². The van der Waals surface area contributed by atoms with E-state index in [9.17, 15) is 4.79 Å². The highest BCUT2D eigenvalue weighted by atomic mass is 16.5. The Bertz CT molecular complexity index is 966. The summed E-state index contributed by atoms with van der Waals surface area (Å²) in [6.07, 6.45) is 0. The number of aryl methyl sites for hydroxylation is 1. The van der Waals surface area contributed by atoms with E-state index in [1.165, 1.54) is 7.11 Å². The molecule has 0 bridgehead atoms. The number of aromatic amines is 1. The van der Waals surface area contributed by atoms with E-state index in [-0.39, 0.29) is 5.91 Å². The molecule has 0 saturated heterocycles. The van der Waals surface area contributed by atoms with Crippen LogP contribution in [0.25, 0.3) is 11.3 Å². The molecule has 0 aliphatic heterocycles. The van der Waals surface area contributed by atoms with Crippen molar-refractivity contribution in [2.45, 2.75) is 6.92 Å². The number of hydrogen-bond acceptors (Lipinski definition) is 5. The molecule has 2 N–H and O–H groups in total. The third-order valence-corrected chi connectivity index (χ3v) is 4.19. The molecule has 7 heteroatoms. The van der Waals surface area contributed by atoms with E-state index in [0.717, 1.165) is 11.3 Å². The second-order valence-corrected chi connectivity index (χ2v) is 5.80. The van der Waals surface area contributed by atoms with Gasteiger partial charge >= 0.3 is 0 Å². The Labute approximate surface area is 157 Å². The fourth-order valence-electron chi connectivity index (χ4n) is 2.79. The lowest BCUT2D eigenvalue weighted by Gasteiger charge is -2.11. The molecule has 2 aromatic carbocycles. The summed E-state index contributed by atoms with van der Waals surface area (Å²) in [5, 5.41) is 10.2. The van der Waals surface area contributed by atoms with Crippen LogP contribution in [0.3, 0.4) is 0 Å². The van der Waals surface area contributed by atoms with Crippen LogP contribution < -0.4 is 19.5 Å². The number of nitrogens with one attached hydrogen (secondary N) is 2. The van der Waals surface area contributed by atoms with Crippen LogP contribution in [0, 0.1) is 6.92 Å². The van der Waals surface area contributed by atoms with E-state index < -0.39 is 0 Å². The molecule has 0 unspecified atom stereocenters. The Morgan fingerprint density at radius 2 is 1.67 bits per heavy atom. The highest BCUT2D eigenvalue weighted by molar-refractivity contribution is 6.08. The molecule has 0 aliphatic rings. The van der Waals surface area contributed by atoms with Crippen molar-refractivity contribution in [3.63, 3.8) is 0 Å². The largest absolute Gasteiger partial charge is 0.496 e. The van der Waals surface area contributed by atoms with Gasteiger partial charge in [0.2, 0.25) is 0 Å². The lowest BCUT2D eigenvalue weighted by molar-refractivity contribution is 0.102. The van der Waals surface area contributed by atoms with Gasteiger partial charge < -0.3 is 19.5 Å². The van der Waals surface area contributed by atoms with Gasteiger partial charge in [0, 0.05) is 5.56 Å². The van der Waals surface area contributed by atoms with Gasteiger partial charge in [0.25, 0.3) is 5.91 Å². The molecule has 3 aromatic rings. The number of amides is 1. The number of carbonyl (C=O) groups is 1. The monoisotopic (exact) mass is 367 g/mol. The van der Waals surface area contributed by atoms with Gasteiger partial charge in [-0.25, -0.2) is 0 Å². The first-order chi connectivity index (χ1) is 13.1. The zero-order chi connectivity index (χ0) is 19.4. The molecule has 0 atom stereocenters. The number of aromatic nitrogens is 2. The number of carbonyl (C=O) groups excluding carboxylic acids is 1. The number of hydrogen-bond donors (Lipinski definition) is 2. The molecule has 27 heavy (non-hydrogen) atoms. The number of methoxy groups -OCH3 is 3. The third kappa shape index (κ3) is 3.57. The summed E-state index contributed by atoms with van der Waals surface area (Å²) >= 11 is 0. The number of rotatable bonds is 6. The normalized spacial score (nSPS) is 10.4. The van der Waals surface area contributed by atoms with Crippen molar-refractivity contribution in [2.24, 2.45) is 0 Å². The highest BCUT2D eigenvalue weighted by Gasteiger charge is 2.19. The fraction of sp³-hybridized carbons (Fsp3) is 0.200. The maximum atomic E-state index is 12.8. The molecular formula is C20H21N3O4. The van der Waals surface area contributed by atoms with Gasteiger partial charge in [0.1, 0.15) is 11.4 Å². The molecule has 0 aliphatic carbocycles. The Hall–Kier alpha value is -3.48. The van der Waals surface area contributed by atoms with Crippen molar-refractivity contribution in [1.29, 1.82) is 0 Å². The summed E-state index contributed by atoms with van der Waals surface area (Å²) in [6, 6.07) is 12.5. The van der Waals surface area contributed by atoms with Crippen LogP contribution in [0.5, 0.6) is 17.2 Å². The van der Waals surface area contributed by atoms with Gasteiger partial charge in [0.15, 0.2) is 11.5 Å². The van der Waals surface area contributed by atoms with Gasteiger partial charge in [-0.1, -0.05) is 12.1 Å². The number of para-hydroxylation sites is 1. The Kier molecular flexibility index (Phi) is 5.30. The van der Waals surface area contributed by atoms with Crippen LogP contribution in [-0.2, 0) is 0 Å². The van der Waals surface area contributed by atoms with Crippen molar-refractivity contribution < 1.29 is 19.0 Å². The number of anilines is 1. The van der Waals surface area contributed by atoms with E-state index in [2.05, 4.69) is 15.5 Å². The fourth-order valence-corrected chi connectivity index (χ4v) is 2.79. The second kappa shape index (κ2) is 7.82. The summed E-state index contributed by atoms with van der Waals surface area (Å²) in [7, 11) is 4.68. The minimum atomic E-state index is -0.279. The predicted molar refractivity (Wildman–Crippen MR) is 103 cm³/mol. The smallest absolute Gasteiger partial charge is 0.259 e. The average molecular weight is 367 g/mol. The van der Waals surface area contributed by atoms with Crippen LogP contribution in [0.1, 0.15) is 16.1 Å². The molecular weight excluding hydrogens is 346 g/mol. The number of benzene rings is 2. The zero-order valence-corrected chi connectivity index (χ0v) is 15.6. The maximum absolute atomic E-state index is 12.8. The van der Waals surface area contributed by atoms with Gasteiger partial charge in [-0.05, 0) is 37.3 Å². The lowest BCUT2D eigenvalue weighted by Crippen LogP contribution is -2.14. The van der Waals surface area contributed by atoms with Crippen LogP contribution >= 0.6 is 0 Å². The van der Waals surface area contributed by atoms with Crippen LogP contribution in [0.2, 0.25) is 0 Å². The predicted octanol–water partition coefficient (Wildman–Crippen LogP) is 3.66. The van der Waals surface area contributed by atoms with E-state index in [4.69, 9.17) is 14.2 Å². The average Bonchev–Trinajstić information content (AvgIpc) is 3.07. The molecule has 0 spiro atoms. The lowest BCUT2D eigenvalue weighted by atomic mass is 10.1. The van der Waals surface area contributed by atoms with Crippen molar-refractivity contribution in [3.8, 4) is 28.5 Å². The van der Waals surface area contributed by atoms with Crippen molar-refractivity contribution in [1.82, 2.24) is 10.2 Å². The molecule has 3 rings (SSSR count). The maximum Gasteiger partial charge on any atom is 0.259 e. The molecule has 0 fully saturated rings. The van der Waals surface area contributed by atoms with E-state index in [1.54, 1.807) is 38.5 Å². The quantitative estimate of drug-likeness (QED) is 0.694. The summed E-state index contributed by atoms with van der Waals surface area (Å²) in [5.74, 6) is 1.42. The van der Waals surface area contributed by atoms with Crippen molar-refractivity contribution in [3.05, 3.63) is 53.7 Å².